The van der Waals surface area contributed by atoms with Gasteiger partial charge in [-0.1, -0.05) is 5.16 Å². The van der Waals surface area contributed by atoms with Gasteiger partial charge in [-0.05, 0) is 39.2 Å². The molecule has 0 aliphatic carbocycles. The molecule has 2 heterocycles. The van der Waals surface area contributed by atoms with E-state index in [-0.39, 0.29) is 0 Å². The van der Waals surface area contributed by atoms with Gasteiger partial charge in [0.2, 0.25) is 10.0 Å². The van der Waals surface area contributed by atoms with E-state index in [4.69, 9.17) is 4.52 Å². The Labute approximate surface area is 120 Å². The molecule has 1 aliphatic heterocycles. The third kappa shape index (κ3) is 4.29. The van der Waals surface area contributed by atoms with Crippen LogP contribution in [0.4, 0.5) is 0 Å². The first-order valence-corrected chi connectivity index (χ1v) is 8.83. The lowest BCUT2D eigenvalue weighted by atomic mass is 9.98. The minimum atomic E-state index is -3.10. The maximum atomic E-state index is 11.2. The van der Waals surface area contributed by atoms with Gasteiger partial charge in [0, 0.05) is 25.2 Å². The fraction of sp³-hybridized carbons (Fsp3) is 0.769. The summed E-state index contributed by atoms with van der Waals surface area (Å²) in [5, 5.41) is 3.98. The van der Waals surface area contributed by atoms with Crippen LogP contribution < -0.4 is 4.72 Å². The number of likely N-dealkylation sites (tertiary alicyclic amines) is 1. The van der Waals surface area contributed by atoms with E-state index in [0.29, 0.717) is 12.5 Å². The number of sulfonamides is 1. The van der Waals surface area contributed by atoms with Gasteiger partial charge in [-0.3, -0.25) is 4.90 Å². The third-order valence-electron chi connectivity index (χ3n) is 3.80. The molecule has 7 heteroatoms. The zero-order chi connectivity index (χ0) is 14.8. The Morgan fingerprint density at radius 3 is 2.80 bits per heavy atom. The van der Waals surface area contributed by atoms with Crippen molar-refractivity contribution in [3.8, 4) is 0 Å². The minimum Gasteiger partial charge on any atom is -0.361 e. The summed E-state index contributed by atoms with van der Waals surface area (Å²) in [5.74, 6) is 1.25. The minimum absolute atomic E-state index is 0.374. The molecule has 1 aromatic rings. The van der Waals surface area contributed by atoms with E-state index >= 15 is 0 Å². The van der Waals surface area contributed by atoms with Gasteiger partial charge >= 0.3 is 0 Å². The van der Waals surface area contributed by atoms with Gasteiger partial charge in [0.1, 0.15) is 5.76 Å². The molecule has 1 fully saturated rings. The number of hydrogen-bond acceptors (Lipinski definition) is 5. The van der Waals surface area contributed by atoms with Crippen molar-refractivity contribution in [3.63, 3.8) is 0 Å². The molecular weight excluding hydrogens is 278 g/mol. The number of aryl methyl sites for hydroxylation is 2. The van der Waals surface area contributed by atoms with E-state index in [2.05, 4.69) is 14.8 Å². The lowest BCUT2D eigenvalue weighted by Gasteiger charge is -2.32. The summed E-state index contributed by atoms with van der Waals surface area (Å²) in [5.41, 5.74) is 2.10. The van der Waals surface area contributed by atoms with Crippen LogP contribution in [0.15, 0.2) is 4.52 Å². The first-order chi connectivity index (χ1) is 9.35. The molecule has 1 atom stereocenters. The number of nitrogens with zero attached hydrogens (tertiary/aromatic N) is 2. The zero-order valence-electron chi connectivity index (χ0n) is 12.3. The van der Waals surface area contributed by atoms with Crippen molar-refractivity contribution in [1.29, 1.82) is 0 Å². The Balaban J connectivity index is 1.90. The molecule has 0 aromatic carbocycles. The highest BCUT2D eigenvalue weighted by atomic mass is 32.2. The number of nitrogens with one attached hydrogen (secondary N) is 1. The van der Waals surface area contributed by atoms with Gasteiger partial charge in [-0.15, -0.1) is 0 Å². The van der Waals surface area contributed by atoms with E-state index in [1.165, 1.54) is 6.26 Å². The zero-order valence-corrected chi connectivity index (χ0v) is 13.2. The molecule has 1 saturated heterocycles. The first-order valence-electron chi connectivity index (χ1n) is 6.94. The highest BCUT2D eigenvalue weighted by Gasteiger charge is 2.22. The van der Waals surface area contributed by atoms with Crippen LogP contribution in [0.1, 0.15) is 29.9 Å². The van der Waals surface area contributed by atoms with Crippen molar-refractivity contribution in [2.45, 2.75) is 33.2 Å². The highest BCUT2D eigenvalue weighted by molar-refractivity contribution is 7.88. The summed E-state index contributed by atoms with van der Waals surface area (Å²) >= 11 is 0. The van der Waals surface area contributed by atoms with Gasteiger partial charge in [-0.2, -0.15) is 0 Å². The predicted molar refractivity (Wildman–Crippen MR) is 76.8 cm³/mol. The molecule has 0 radical (unpaired) electrons. The topological polar surface area (TPSA) is 75.4 Å². The average Bonchev–Trinajstić information content (AvgIpc) is 2.68. The quantitative estimate of drug-likeness (QED) is 0.880. The van der Waals surface area contributed by atoms with Gasteiger partial charge in [-0.25, -0.2) is 13.1 Å². The summed E-state index contributed by atoms with van der Waals surface area (Å²) < 4.78 is 30.1. The number of piperidine rings is 1. The first kappa shape index (κ1) is 15.5. The molecule has 20 heavy (non-hydrogen) atoms. The van der Waals surface area contributed by atoms with Gasteiger partial charge in [0.05, 0.1) is 11.9 Å². The second-order valence-corrected chi connectivity index (χ2v) is 7.50. The van der Waals surface area contributed by atoms with Crippen molar-refractivity contribution in [3.05, 3.63) is 17.0 Å². The van der Waals surface area contributed by atoms with Crippen LogP contribution >= 0.6 is 0 Å². The summed E-state index contributed by atoms with van der Waals surface area (Å²) in [7, 11) is -3.10. The SMILES string of the molecule is Cc1noc(C)c1CN1CCC[C@H](CNS(C)(=O)=O)C1. The van der Waals surface area contributed by atoms with Crippen LogP contribution in [0.3, 0.4) is 0 Å². The van der Waals surface area contributed by atoms with Crippen molar-refractivity contribution >= 4 is 10.0 Å². The maximum absolute atomic E-state index is 11.2. The molecular formula is C13H23N3O3S. The van der Waals surface area contributed by atoms with Gasteiger partial charge in [0.15, 0.2) is 0 Å². The van der Waals surface area contributed by atoms with E-state index in [0.717, 1.165) is 49.5 Å². The van der Waals surface area contributed by atoms with Crippen LogP contribution in [0.2, 0.25) is 0 Å². The van der Waals surface area contributed by atoms with Gasteiger partial charge in [0.25, 0.3) is 0 Å². The summed E-state index contributed by atoms with van der Waals surface area (Å²) in [6.07, 6.45) is 3.37. The maximum Gasteiger partial charge on any atom is 0.208 e. The molecule has 0 amide bonds. The van der Waals surface area contributed by atoms with Crippen LogP contribution in [0.25, 0.3) is 0 Å². The Bertz CT molecular complexity index is 534. The second-order valence-electron chi connectivity index (χ2n) is 5.67. The van der Waals surface area contributed by atoms with E-state index in [1.807, 2.05) is 13.8 Å². The molecule has 0 saturated carbocycles. The van der Waals surface area contributed by atoms with Crippen molar-refractivity contribution in [1.82, 2.24) is 14.8 Å². The standard InChI is InChI=1S/C13H23N3O3S/c1-10-13(11(2)19-15-10)9-16-6-4-5-12(8-16)7-14-20(3,17)18/h12,14H,4-9H2,1-3H3/t12-/m1/s1. The Hall–Kier alpha value is -0.920. The average molecular weight is 301 g/mol. The molecule has 1 aromatic heterocycles. The van der Waals surface area contributed by atoms with E-state index in [9.17, 15) is 8.42 Å². The molecule has 2 rings (SSSR count). The Morgan fingerprint density at radius 1 is 1.45 bits per heavy atom. The fourth-order valence-corrected chi connectivity index (χ4v) is 3.22. The molecule has 0 unspecified atom stereocenters. The monoisotopic (exact) mass is 301 g/mol. The van der Waals surface area contributed by atoms with Gasteiger partial charge < -0.3 is 4.52 Å². The van der Waals surface area contributed by atoms with Crippen molar-refractivity contribution in [2.24, 2.45) is 5.92 Å². The normalized spacial score (nSPS) is 21.2. The smallest absolute Gasteiger partial charge is 0.208 e. The fourth-order valence-electron chi connectivity index (χ4n) is 2.68. The van der Waals surface area contributed by atoms with Crippen LogP contribution in [0.5, 0.6) is 0 Å². The number of rotatable bonds is 5. The summed E-state index contributed by atoms with van der Waals surface area (Å²) in [6.45, 7) is 7.19. The Morgan fingerprint density at radius 2 is 2.20 bits per heavy atom. The van der Waals surface area contributed by atoms with E-state index in [1.54, 1.807) is 0 Å². The second kappa shape index (κ2) is 6.24. The summed E-state index contributed by atoms with van der Waals surface area (Å²) in [6, 6.07) is 0. The Kier molecular flexibility index (Phi) is 4.82. The summed E-state index contributed by atoms with van der Waals surface area (Å²) in [4.78, 5) is 2.35. The van der Waals surface area contributed by atoms with E-state index < -0.39 is 10.0 Å². The van der Waals surface area contributed by atoms with Crippen molar-refractivity contribution in [2.75, 3.05) is 25.9 Å². The lowest BCUT2D eigenvalue weighted by molar-refractivity contribution is 0.168. The molecule has 1 N–H and O–H groups in total. The van der Waals surface area contributed by atoms with Crippen LogP contribution in [-0.4, -0.2) is 44.4 Å². The number of aromatic nitrogens is 1. The molecule has 0 spiro atoms. The lowest BCUT2D eigenvalue weighted by Crippen LogP contribution is -2.40. The van der Waals surface area contributed by atoms with Crippen LogP contribution in [-0.2, 0) is 16.6 Å². The molecule has 114 valence electrons. The number of hydrogen-bond donors (Lipinski definition) is 1. The molecule has 1 aliphatic rings. The predicted octanol–water partition coefficient (Wildman–Crippen LogP) is 1.05. The third-order valence-corrected chi connectivity index (χ3v) is 4.49. The molecule has 6 nitrogen and oxygen atoms in total. The largest absolute Gasteiger partial charge is 0.361 e. The molecule has 0 bridgehead atoms. The van der Waals surface area contributed by atoms with Crippen molar-refractivity contribution < 1.29 is 12.9 Å². The highest BCUT2D eigenvalue weighted by Crippen LogP contribution is 2.21. The van der Waals surface area contributed by atoms with Crippen LogP contribution in [0, 0.1) is 19.8 Å².